The van der Waals surface area contributed by atoms with E-state index < -0.39 is 5.54 Å². The quantitative estimate of drug-likeness (QED) is 0.841. The number of hydrogen-bond acceptors (Lipinski definition) is 4. The summed E-state index contributed by atoms with van der Waals surface area (Å²) < 4.78 is 0. The van der Waals surface area contributed by atoms with Gasteiger partial charge in [-0.15, -0.1) is 11.8 Å². The van der Waals surface area contributed by atoms with Gasteiger partial charge in [-0.25, -0.2) is 4.98 Å². The molecule has 3 nitrogen and oxygen atoms in total. The summed E-state index contributed by atoms with van der Waals surface area (Å²) in [6.45, 7) is 3.74. The zero-order valence-corrected chi connectivity index (χ0v) is 10.8. The number of nitrogens with zero attached hydrogens (tertiary/aromatic N) is 2. The van der Waals surface area contributed by atoms with Crippen molar-refractivity contribution in [3.63, 3.8) is 0 Å². The lowest BCUT2D eigenvalue weighted by Gasteiger charge is -2.20. The molecule has 1 heterocycles. The van der Waals surface area contributed by atoms with E-state index in [4.69, 9.17) is 22.6 Å². The number of hydrogen-bond donors (Lipinski definition) is 1. The molecule has 2 unspecified atom stereocenters. The van der Waals surface area contributed by atoms with Crippen molar-refractivity contribution in [2.45, 2.75) is 36.1 Å². The van der Waals surface area contributed by atoms with Crippen LogP contribution in [0, 0.1) is 11.3 Å². The Hall–Kier alpha value is -0.760. The fraction of sp³-hybridized carbons (Fsp3) is 0.455. The second-order valence-corrected chi connectivity index (χ2v) is 5.79. The minimum absolute atomic E-state index is 0.196. The third kappa shape index (κ3) is 4.01. The first-order valence-corrected chi connectivity index (χ1v) is 6.18. The predicted molar refractivity (Wildman–Crippen MR) is 67.4 cm³/mol. The van der Waals surface area contributed by atoms with Crippen molar-refractivity contribution in [2.24, 2.45) is 5.73 Å². The lowest BCUT2D eigenvalue weighted by Crippen LogP contribution is -2.36. The Morgan fingerprint density at radius 3 is 3.00 bits per heavy atom. The Morgan fingerprint density at radius 1 is 1.75 bits per heavy atom. The molecule has 1 aromatic heterocycles. The molecule has 0 saturated heterocycles. The van der Waals surface area contributed by atoms with Crippen molar-refractivity contribution < 1.29 is 0 Å². The van der Waals surface area contributed by atoms with Crippen LogP contribution in [0.15, 0.2) is 23.4 Å². The van der Waals surface area contributed by atoms with E-state index in [-0.39, 0.29) is 5.25 Å². The van der Waals surface area contributed by atoms with Gasteiger partial charge in [0.2, 0.25) is 0 Å². The van der Waals surface area contributed by atoms with Gasteiger partial charge >= 0.3 is 0 Å². The highest BCUT2D eigenvalue weighted by atomic mass is 35.5. The fourth-order valence-electron chi connectivity index (χ4n) is 1.33. The number of nitriles is 1. The maximum atomic E-state index is 8.84. The number of nitrogens with two attached hydrogens (primary N) is 1. The molecule has 2 N–H and O–H groups in total. The summed E-state index contributed by atoms with van der Waals surface area (Å²) in [6, 6.07) is 5.68. The lowest BCUT2D eigenvalue weighted by atomic mass is 10.00. The van der Waals surface area contributed by atoms with Crippen LogP contribution >= 0.6 is 23.4 Å². The molecule has 2 atom stereocenters. The fourth-order valence-corrected chi connectivity index (χ4v) is 2.70. The summed E-state index contributed by atoms with van der Waals surface area (Å²) in [5.74, 6) is 0. The summed E-state index contributed by atoms with van der Waals surface area (Å²) in [6.07, 6.45) is 2.30. The van der Waals surface area contributed by atoms with Gasteiger partial charge < -0.3 is 5.73 Å². The number of pyridine rings is 1. The molecule has 0 saturated carbocycles. The van der Waals surface area contributed by atoms with Gasteiger partial charge in [-0.05, 0) is 25.5 Å². The highest BCUT2D eigenvalue weighted by molar-refractivity contribution is 7.99. The Morgan fingerprint density at radius 2 is 2.44 bits per heavy atom. The molecule has 0 radical (unpaired) electrons. The first-order chi connectivity index (χ1) is 7.44. The minimum Gasteiger partial charge on any atom is -0.314 e. The molecule has 0 aliphatic heterocycles. The van der Waals surface area contributed by atoms with Crippen LogP contribution in [-0.2, 0) is 0 Å². The minimum atomic E-state index is -0.798. The van der Waals surface area contributed by atoms with E-state index in [0.29, 0.717) is 11.4 Å². The van der Waals surface area contributed by atoms with Crippen molar-refractivity contribution >= 4 is 23.4 Å². The van der Waals surface area contributed by atoms with Gasteiger partial charge in [0.05, 0.1) is 11.1 Å². The van der Waals surface area contributed by atoms with Gasteiger partial charge in [-0.1, -0.05) is 18.5 Å². The van der Waals surface area contributed by atoms with Crippen LogP contribution in [0.4, 0.5) is 0 Å². The van der Waals surface area contributed by atoms with Crippen LogP contribution in [0.5, 0.6) is 0 Å². The third-order valence-corrected chi connectivity index (χ3v) is 3.54. The first-order valence-electron chi connectivity index (χ1n) is 4.92. The molecule has 0 aromatic carbocycles. The van der Waals surface area contributed by atoms with E-state index in [9.17, 15) is 0 Å². The van der Waals surface area contributed by atoms with Gasteiger partial charge in [-0.3, -0.25) is 0 Å². The van der Waals surface area contributed by atoms with Crippen molar-refractivity contribution in [2.75, 3.05) is 0 Å². The molecule has 1 aromatic rings. The maximum Gasteiger partial charge on any atom is 0.115 e. The van der Waals surface area contributed by atoms with E-state index in [0.717, 1.165) is 5.03 Å². The average Bonchev–Trinajstić information content (AvgIpc) is 2.21. The first kappa shape index (κ1) is 13.3. The van der Waals surface area contributed by atoms with E-state index in [1.54, 1.807) is 25.3 Å². The maximum absolute atomic E-state index is 8.84. The Balaban J connectivity index is 2.63. The van der Waals surface area contributed by atoms with Gasteiger partial charge in [0.1, 0.15) is 10.6 Å². The Bertz CT molecular complexity index is 400. The molecule has 0 bridgehead atoms. The monoisotopic (exact) mass is 255 g/mol. The molecular weight excluding hydrogens is 242 g/mol. The predicted octanol–water partition coefficient (Wildman–Crippen LogP) is 2.85. The highest BCUT2D eigenvalue weighted by Gasteiger charge is 2.22. The topological polar surface area (TPSA) is 62.7 Å². The molecule has 5 heteroatoms. The van der Waals surface area contributed by atoms with Crippen molar-refractivity contribution in [3.05, 3.63) is 23.4 Å². The normalized spacial score (nSPS) is 16.2. The largest absolute Gasteiger partial charge is 0.314 e. The second kappa shape index (κ2) is 5.53. The van der Waals surface area contributed by atoms with Crippen molar-refractivity contribution in [1.82, 2.24) is 4.98 Å². The summed E-state index contributed by atoms with van der Waals surface area (Å²) >= 11 is 7.53. The Kier molecular flexibility index (Phi) is 4.60. The van der Waals surface area contributed by atoms with Gasteiger partial charge in [0.25, 0.3) is 0 Å². The van der Waals surface area contributed by atoms with Gasteiger partial charge in [0, 0.05) is 11.4 Å². The summed E-state index contributed by atoms with van der Waals surface area (Å²) in [5, 5.41) is 10.5. The second-order valence-electron chi connectivity index (χ2n) is 3.95. The molecule has 0 amide bonds. The average molecular weight is 256 g/mol. The van der Waals surface area contributed by atoms with Gasteiger partial charge in [0.15, 0.2) is 0 Å². The van der Waals surface area contributed by atoms with Crippen LogP contribution in [0.3, 0.4) is 0 Å². The van der Waals surface area contributed by atoms with Crippen LogP contribution < -0.4 is 5.73 Å². The SMILES string of the molecule is CC(CC(C)(N)C#N)Sc1ncccc1Cl. The van der Waals surface area contributed by atoms with E-state index in [1.165, 1.54) is 11.8 Å². The van der Waals surface area contributed by atoms with Crippen LogP contribution in [-0.4, -0.2) is 15.8 Å². The van der Waals surface area contributed by atoms with Crippen molar-refractivity contribution in [1.29, 1.82) is 5.26 Å². The summed E-state index contributed by atoms with van der Waals surface area (Å²) in [5.41, 5.74) is 4.98. The van der Waals surface area contributed by atoms with Crippen molar-refractivity contribution in [3.8, 4) is 6.07 Å². The zero-order valence-electron chi connectivity index (χ0n) is 9.27. The number of halogens is 1. The van der Waals surface area contributed by atoms with Gasteiger partial charge in [-0.2, -0.15) is 5.26 Å². The molecule has 0 spiro atoms. The number of rotatable bonds is 4. The molecule has 16 heavy (non-hydrogen) atoms. The highest BCUT2D eigenvalue weighted by Crippen LogP contribution is 2.30. The van der Waals surface area contributed by atoms with Crippen LogP contribution in [0.1, 0.15) is 20.3 Å². The lowest BCUT2D eigenvalue weighted by molar-refractivity contribution is 0.545. The van der Waals surface area contributed by atoms with Crippen LogP contribution in [0.2, 0.25) is 5.02 Å². The third-order valence-electron chi connectivity index (χ3n) is 2.00. The zero-order chi connectivity index (χ0) is 12.2. The Labute approximate surface area is 105 Å². The summed E-state index contributed by atoms with van der Waals surface area (Å²) in [7, 11) is 0. The molecule has 86 valence electrons. The number of thioether (sulfide) groups is 1. The number of aromatic nitrogens is 1. The molecule has 0 aliphatic rings. The molecule has 0 aliphatic carbocycles. The molecule has 0 fully saturated rings. The summed E-state index contributed by atoms with van der Waals surface area (Å²) in [4.78, 5) is 4.18. The van der Waals surface area contributed by atoms with E-state index in [1.807, 2.05) is 6.92 Å². The van der Waals surface area contributed by atoms with E-state index >= 15 is 0 Å². The smallest absolute Gasteiger partial charge is 0.115 e. The van der Waals surface area contributed by atoms with E-state index in [2.05, 4.69) is 11.1 Å². The standard InChI is InChI=1S/C11H14ClN3S/c1-8(6-11(2,14)7-13)16-10-9(12)4-3-5-15-10/h3-5,8H,6,14H2,1-2H3. The van der Waals surface area contributed by atoms with Crippen LogP contribution in [0.25, 0.3) is 0 Å². The molecular formula is C11H14ClN3S. The molecule has 1 rings (SSSR count).